The van der Waals surface area contributed by atoms with Crippen LogP contribution in [0.1, 0.15) is 53.2 Å². The molecule has 114 valence electrons. The molecule has 0 aliphatic carbocycles. The molecule has 0 aliphatic rings. The third-order valence-corrected chi connectivity index (χ3v) is 3.97. The van der Waals surface area contributed by atoms with Gasteiger partial charge in [0.05, 0.1) is 6.04 Å². The second kappa shape index (κ2) is 6.44. The van der Waals surface area contributed by atoms with Crippen molar-refractivity contribution in [3.8, 4) is 0 Å². The number of benzene rings is 1. The van der Waals surface area contributed by atoms with E-state index in [0.717, 1.165) is 41.2 Å². The molecule has 0 saturated heterocycles. The van der Waals surface area contributed by atoms with Gasteiger partial charge in [0.15, 0.2) is 0 Å². The highest BCUT2D eigenvalue weighted by Gasteiger charge is 2.24. The maximum absolute atomic E-state index is 14.3. The van der Waals surface area contributed by atoms with E-state index in [2.05, 4.69) is 12.2 Å². The zero-order valence-corrected chi connectivity index (χ0v) is 13.5. The Labute approximate surface area is 126 Å². The number of furan rings is 1. The first kappa shape index (κ1) is 15.8. The van der Waals surface area contributed by atoms with Crippen molar-refractivity contribution in [1.29, 1.82) is 0 Å². The van der Waals surface area contributed by atoms with Crippen molar-refractivity contribution in [2.45, 2.75) is 47.1 Å². The molecule has 0 fully saturated rings. The molecule has 2 rings (SSSR count). The summed E-state index contributed by atoms with van der Waals surface area (Å²) in [6.45, 7) is 10.9. The smallest absolute Gasteiger partial charge is 0.128 e. The maximum Gasteiger partial charge on any atom is 0.128 e. The molecule has 2 nitrogen and oxygen atoms in total. The largest absolute Gasteiger partial charge is 0.466 e. The van der Waals surface area contributed by atoms with E-state index in [1.807, 2.05) is 33.8 Å². The third-order valence-electron chi connectivity index (χ3n) is 3.97. The Morgan fingerprint density at radius 2 is 1.86 bits per heavy atom. The van der Waals surface area contributed by atoms with Gasteiger partial charge in [-0.15, -0.1) is 0 Å². The van der Waals surface area contributed by atoms with Crippen LogP contribution in [0, 0.1) is 33.5 Å². The van der Waals surface area contributed by atoms with Crippen molar-refractivity contribution >= 4 is 0 Å². The van der Waals surface area contributed by atoms with Gasteiger partial charge in [0.1, 0.15) is 17.3 Å². The van der Waals surface area contributed by atoms with Gasteiger partial charge in [-0.25, -0.2) is 4.39 Å². The van der Waals surface area contributed by atoms with Crippen LogP contribution in [-0.2, 0) is 0 Å². The van der Waals surface area contributed by atoms with Crippen molar-refractivity contribution < 1.29 is 8.81 Å². The Morgan fingerprint density at radius 1 is 1.14 bits per heavy atom. The first-order valence-electron chi connectivity index (χ1n) is 7.51. The Hall–Kier alpha value is -1.61. The number of hydrogen-bond acceptors (Lipinski definition) is 2. The summed E-state index contributed by atoms with van der Waals surface area (Å²) < 4.78 is 20.1. The zero-order chi connectivity index (χ0) is 15.6. The van der Waals surface area contributed by atoms with Gasteiger partial charge in [-0.2, -0.15) is 0 Å². The first-order valence-corrected chi connectivity index (χ1v) is 7.51. The van der Waals surface area contributed by atoms with Gasteiger partial charge >= 0.3 is 0 Å². The average Bonchev–Trinajstić information content (AvgIpc) is 2.69. The lowest BCUT2D eigenvalue weighted by atomic mass is 9.94. The highest BCUT2D eigenvalue weighted by atomic mass is 19.1. The molecule has 3 heteroatoms. The van der Waals surface area contributed by atoms with Gasteiger partial charge in [0.2, 0.25) is 0 Å². The topological polar surface area (TPSA) is 25.2 Å². The van der Waals surface area contributed by atoms with Gasteiger partial charge in [-0.1, -0.05) is 24.6 Å². The van der Waals surface area contributed by atoms with Crippen LogP contribution in [0.4, 0.5) is 4.39 Å². The molecule has 0 aliphatic heterocycles. The van der Waals surface area contributed by atoms with Crippen molar-refractivity contribution in [2.75, 3.05) is 6.54 Å². The summed E-state index contributed by atoms with van der Waals surface area (Å²) in [5.74, 6) is 1.59. The van der Waals surface area contributed by atoms with Crippen LogP contribution < -0.4 is 5.32 Å². The number of hydrogen-bond donors (Lipinski definition) is 1. The summed E-state index contributed by atoms with van der Waals surface area (Å²) in [5.41, 5.74) is 3.91. The van der Waals surface area contributed by atoms with Crippen LogP contribution in [-0.4, -0.2) is 6.54 Å². The monoisotopic (exact) mass is 289 g/mol. The quantitative estimate of drug-likeness (QED) is 0.860. The molecule has 0 radical (unpaired) electrons. The molecule has 1 N–H and O–H groups in total. The molecule has 1 atom stereocenters. The van der Waals surface area contributed by atoms with E-state index in [0.29, 0.717) is 5.56 Å². The molecule has 0 spiro atoms. The fourth-order valence-electron chi connectivity index (χ4n) is 2.78. The summed E-state index contributed by atoms with van der Waals surface area (Å²) in [6.07, 6.45) is 0.999. The highest BCUT2D eigenvalue weighted by molar-refractivity contribution is 5.42. The molecule has 1 aromatic heterocycles. The van der Waals surface area contributed by atoms with Gasteiger partial charge in [0, 0.05) is 11.1 Å². The molecule has 0 amide bonds. The maximum atomic E-state index is 14.3. The Bertz CT molecular complexity index is 630. The first-order chi connectivity index (χ1) is 9.95. The second-order valence-electron chi connectivity index (χ2n) is 5.67. The minimum Gasteiger partial charge on any atom is -0.466 e. The fourth-order valence-corrected chi connectivity index (χ4v) is 2.78. The molecule has 1 heterocycles. The fraction of sp³-hybridized carbons (Fsp3) is 0.444. The van der Waals surface area contributed by atoms with Crippen LogP contribution in [0.15, 0.2) is 22.6 Å². The van der Waals surface area contributed by atoms with Crippen molar-refractivity contribution in [3.63, 3.8) is 0 Å². The summed E-state index contributed by atoms with van der Waals surface area (Å²) in [4.78, 5) is 0. The van der Waals surface area contributed by atoms with E-state index in [9.17, 15) is 4.39 Å². The number of aryl methyl sites for hydroxylation is 3. The minimum absolute atomic E-state index is 0.165. The van der Waals surface area contributed by atoms with Gasteiger partial charge in [-0.3, -0.25) is 0 Å². The minimum atomic E-state index is -0.174. The molecule has 1 unspecified atom stereocenters. The summed E-state index contributed by atoms with van der Waals surface area (Å²) in [6, 6.07) is 5.10. The summed E-state index contributed by atoms with van der Waals surface area (Å²) >= 11 is 0. The standard InChI is InChI=1S/C18H24FNO/c1-6-9-20-18(15-10-11(2)7-8-16(15)19)17-12(3)13(4)21-14(17)5/h7-8,10,18,20H,6,9H2,1-5H3. The Balaban J connectivity index is 2.55. The molecule has 2 aromatic rings. The Morgan fingerprint density at radius 3 is 2.43 bits per heavy atom. The van der Waals surface area contributed by atoms with Gasteiger partial charge in [0.25, 0.3) is 0 Å². The van der Waals surface area contributed by atoms with Crippen LogP contribution in [0.25, 0.3) is 0 Å². The normalized spacial score (nSPS) is 12.7. The van der Waals surface area contributed by atoms with Gasteiger partial charge in [-0.05, 0) is 52.3 Å². The average molecular weight is 289 g/mol. The van der Waals surface area contributed by atoms with E-state index in [1.165, 1.54) is 0 Å². The predicted molar refractivity (Wildman–Crippen MR) is 84.2 cm³/mol. The molecular formula is C18H24FNO. The van der Waals surface area contributed by atoms with Crippen LogP contribution in [0.3, 0.4) is 0 Å². The van der Waals surface area contributed by atoms with Crippen molar-refractivity contribution in [2.24, 2.45) is 0 Å². The lowest BCUT2D eigenvalue weighted by Crippen LogP contribution is -2.25. The molecular weight excluding hydrogens is 265 g/mol. The van der Waals surface area contributed by atoms with Crippen LogP contribution in [0.5, 0.6) is 0 Å². The van der Waals surface area contributed by atoms with Crippen molar-refractivity contribution in [3.05, 3.63) is 57.8 Å². The third kappa shape index (κ3) is 3.18. The van der Waals surface area contributed by atoms with E-state index >= 15 is 0 Å². The number of rotatable bonds is 5. The molecule has 0 saturated carbocycles. The van der Waals surface area contributed by atoms with Crippen LogP contribution in [0.2, 0.25) is 0 Å². The van der Waals surface area contributed by atoms with E-state index in [-0.39, 0.29) is 11.9 Å². The van der Waals surface area contributed by atoms with Gasteiger partial charge < -0.3 is 9.73 Å². The van der Waals surface area contributed by atoms with E-state index in [4.69, 9.17) is 4.42 Å². The lowest BCUT2D eigenvalue weighted by Gasteiger charge is -2.21. The van der Waals surface area contributed by atoms with Crippen molar-refractivity contribution in [1.82, 2.24) is 5.32 Å². The number of nitrogens with one attached hydrogen (secondary N) is 1. The van der Waals surface area contributed by atoms with E-state index in [1.54, 1.807) is 12.1 Å². The molecule has 1 aromatic carbocycles. The zero-order valence-electron chi connectivity index (χ0n) is 13.5. The highest BCUT2D eigenvalue weighted by Crippen LogP contribution is 2.33. The Kier molecular flexibility index (Phi) is 4.84. The van der Waals surface area contributed by atoms with Crippen LogP contribution >= 0.6 is 0 Å². The lowest BCUT2D eigenvalue weighted by molar-refractivity contribution is 0.489. The SMILES string of the molecule is CCCNC(c1cc(C)ccc1F)c1c(C)oc(C)c1C. The summed E-state index contributed by atoms with van der Waals surface area (Å²) in [7, 11) is 0. The molecule has 0 bridgehead atoms. The summed E-state index contributed by atoms with van der Waals surface area (Å²) in [5, 5.41) is 3.47. The predicted octanol–water partition coefficient (Wildman–Crippen LogP) is 4.74. The second-order valence-corrected chi connectivity index (χ2v) is 5.67. The number of halogens is 1. The van der Waals surface area contributed by atoms with E-state index < -0.39 is 0 Å². The molecule has 21 heavy (non-hydrogen) atoms.